The van der Waals surface area contributed by atoms with Crippen LogP contribution in [0.3, 0.4) is 0 Å². The number of hydrogen-bond donors (Lipinski definition) is 3. The van der Waals surface area contributed by atoms with Crippen molar-refractivity contribution in [2.75, 3.05) is 0 Å². The Morgan fingerprint density at radius 1 is 1.31 bits per heavy atom. The number of aromatic amines is 2. The smallest absolute Gasteiger partial charge is 0.337 e. The number of carbonyl (C=O) groups is 1. The van der Waals surface area contributed by atoms with Crippen molar-refractivity contribution in [1.82, 2.24) is 15.0 Å². The van der Waals surface area contributed by atoms with Gasteiger partial charge in [0.25, 0.3) is 0 Å². The molecular weight excluding hydrogens is 206 g/mol. The van der Waals surface area contributed by atoms with Crippen LogP contribution in [0.5, 0.6) is 0 Å². The average Bonchev–Trinajstić information content (AvgIpc) is 2.82. The van der Waals surface area contributed by atoms with Crippen LogP contribution >= 0.6 is 0 Å². The van der Waals surface area contributed by atoms with E-state index in [1.54, 1.807) is 12.5 Å². The first-order valence-corrected chi connectivity index (χ1v) is 5.23. The lowest BCUT2D eigenvalue weighted by atomic mass is 10.1. The lowest BCUT2D eigenvalue weighted by Gasteiger charge is -1.99. The molecule has 2 aromatic rings. The molecule has 0 unspecified atom stereocenters. The Morgan fingerprint density at radius 3 is 2.94 bits per heavy atom. The van der Waals surface area contributed by atoms with Gasteiger partial charge in [0.05, 0.1) is 17.6 Å². The number of fused-ring (bicyclic) bond motifs is 3. The molecule has 82 valence electrons. The van der Waals surface area contributed by atoms with Gasteiger partial charge in [-0.1, -0.05) is 0 Å². The van der Waals surface area contributed by atoms with E-state index in [2.05, 4.69) is 15.0 Å². The molecule has 5 nitrogen and oxygen atoms in total. The van der Waals surface area contributed by atoms with E-state index in [9.17, 15) is 4.79 Å². The number of H-pyrrole nitrogens is 2. The zero-order chi connectivity index (χ0) is 11.1. The van der Waals surface area contributed by atoms with E-state index >= 15 is 0 Å². The summed E-state index contributed by atoms with van der Waals surface area (Å²) in [7, 11) is 0. The first-order chi connectivity index (χ1) is 7.77. The average molecular weight is 217 g/mol. The third-order valence-electron chi connectivity index (χ3n) is 3.00. The van der Waals surface area contributed by atoms with E-state index in [1.807, 2.05) is 0 Å². The van der Waals surface area contributed by atoms with Crippen LogP contribution in [0.2, 0.25) is 0 Å². The summed E-state index contributed by atoms with van der Waals surface area (Å²) in [5.41, 5.74) is 3.85. The number of aromatic carboxylic acids is 1. The van der Waals surface area contributed by atoms with Gasteiger partial charge in [0.1, 0.15) is 0 Å². The molecule has 0 spiro atoms. The molecule has 1 aliphatic rings. The topological polar surface area (TPSA) is 81.8 Å². The summed E-state index contributed by atoms with van der Waals surface area (Å²) in [6.07, 6.45) is 5.96. The summed E-state index contributed by atoms with van der Waals surface area (Å²) < 4.78 is 0. The number of aromatic nitrogens is 3. The second-order valence-corrected chi connectivity index (χ2v) is 3.94. The molecule has 1 aliphatic carbocycles. The van der Waals surface area contributed by atoms with Crippen LogP contribution < -0.4 is 0 Å². The van der Waals surface area contributed by atoms with E-state index in [0.717, 1.165) is 41.9 Å². The van der Waals surface area contributed by atoms with E-state index in [-0.39, 0.29) is 0 Å². The molecule has 2 heterocycles. The van der Waals surface area contributed by atoms with Gasteiger partial charge in [0.2, 0.25) is 0 Å². The van der Waals surface area contributed by atoms with Gasteiger partial charge in [-0.15, -0.1) is 0 Å². The number of carboxylic acids is 1. The molecule has 0 aromatic carbocycles. The van der Waals surface area contributed by atoms with Crippen molar-refractivity contribution in [3.05, 3.63) is 29.5 Å². The number of aryl methyl sites for hydroxylation is 2. The minimum absolute atomic E-state index is 0.310. The number of rotatable bonds is 1. The van der Waals surface area contributed by atoms with Crippen LogP contribution in [0.15, 0.2) is 12.5 Å². The van der Waals surface area contributed by atoms with Crippen LogP contribution in [0.4, 0.5) is 0 Å². The van der Waals surface area contributed by atoms with E-state index in [1.165, 1.54) is 0 Å². The van der Waals surface area contributed by atoms with Gasteiger partial charge in [0, 0.05) is 23.1 Å². The highest BCUT2D eigenvalue weighted by atomic mass is 16.4. The highest BCUT2D eigenvalue weighted by Crippen LogP contribution is 2.32. The number of nitrogens with zero attached hydrogens (tertiary/aromatic N) is 1. The third-order valence-corrected chi connectivity index (χ3v) is 3.00. The van der Waals surface area contributed by atoms with Crippen molar-refractivity contribution in [2.24, 2.45) is 0 Å². The van der Waals surface area contributed by atoms with Crippen molar-refractivity contribution in [3.8, 4) is 11.3 Å². The van der Waals surface area contributed by atoms with Crippen molar-refractivity contribution >= 4 is 5.97 Å². The van der Waals surface area contributed by atoms with Gasteiger partial charge in [-0.25, -0.2) is 9.78 Å². The molecule has 0 saturated carbocycles. The minimum Gasteiger partial charge on any atom is -0.478 e. The van der Waals surface area contributed by atoms with Crippen molar-refractivity contribution in [1.29, 1.82) is 0 Å². The van der Waals surface area contributed by atoms with Crippen LogP contribution in [0.1, 0.15) is 28.2 Å². The molecule has 5 heteroatoms. The van der Waals surface area contributed by atoms with E-state index < -0.39 is 5.97 Å². The lowest BCUT2D eigenvalue weighted by molar-refractivity contribution is 0.0698. The highest BCUT2D eigenvalue weighted by Gasteiger charge is 2.24. The third kappa shape index (κ3) is 1.18. The molecule has 3 rings (SSSR count). The maximum Gasteiger partial charge on any atom is 0.337 e. The molecule has 3 N–H and O–H groups in total. The minimum atomic E-state index is -0.909. The van der Waals surface area contributed by atoms with Crippen LogP contribution in [-0.4, -0.2) is 26.0 Å². The number of hydrogen-bond acceptors (Lipinski definition) is 2. The van der Waals surface area contributed by atoms with Gasteiger partial charge in [-0.3, -0.25) is 0 Å². The first kappa shape index (κ1) is 9.21. The van der Waals surface area contributed by atoms with E-state index in [4.69, 9.17) is 5.11 Å². The Bertz CT molecular complexity index is 553. The monoisotopic (exact) mass is 217 g/mol. The zero-order valence-electron chi connectivity index (χ0n) is 8.58. The molecule has 0 bridgehead atoms. The van der Waals surface area contributed by atoms with Crippen molar-refractivity contribution in [2.45, 2.75) is 19.3 Å². The van der Waals surface area contributed by atoms with Crippen molar-refractivity contribution in [3.63, 3.8) is 0 Å². The molecule has 2 aromatic heterocycles. The summed E-state index contributed by atoms with van der Waals surface area (Å²) in [6, 6.07) is 0. The lowest BCUT2D eigenvalue weighted by Crippen LogP contribution is -1.97. The van der Waals surface area contributed by atoms with Crippen LogP contribution in [0.25, 0.3) is 11.3 Å². The van der Waals surface area contributed by atoms with Crippen LogP contribution in [-0.2, 0) is 12.8 Å². The maximum atomic E-state index is 11.1. The summed E-state index contributed by atoms with van der Waals surface area (Å²) in [6.45, 7) is 0. The summed E-state index contributed by atoms with van der Waals surface area (Å²) in [5, 5.41) is 9.13. The second kappa shape index (κ2) is 3.23. The van der Waals surface area contributed by atoms with Gasteiger partial charge in [0.15, 0.2) is 0 Å². The summed E-state index contributed by atoms with van der Waals surface area (Å²) in [5.74, 6) is -0.909. The molecule has 0 aliphatic heterocycles. The second-order valence-electron chi connectivity index (χ2n) is 3.94. The fourth-order valence-corrected chi connectivity index (χ4v) is 2.27. The number of imidazole rings is 1. The summed E-state index contributed by atoms with van der Waals surface area (Å²) >= 11 is 0. The SMILES string of the molecule is O=C(O)c1c[nH]c2c1-c1nc[nH]c1CCC2. The molecule has 0 saturated heterocycles. The zero-order valence-corrected chi connectivity index (χ0v) is 8.58. The Morgan fingerprint density at radius 2 is 2.12 bits per heavy atom. The van der Waals surface area contributed by atoms with Gasteiger partial charge >= 0.3 is 5.97 Å². The highest BCUT2D eigenvalue weighted by molar-refractivity contribution is 5.96. The normalized spacial score (nSPS) is 14.0. The number of carboxylic acid groups (broad SMARTS) is 1. The molecular formula is C11H11N3O2. The largest absolute Gasteiger partial charge is 0.478 e. The fraction of sp³-hybridized carbons (Fsp3) is 0.273. The molecule has 0 radical (unpaired) electrons. The predicted octanol–water partition coefficient (Wildman–Crippen LogP) is 1.59. The summed E-state index contributed by atoms with van der Waals surface area (Å²) in [4.78, 5) is 21.5. The Balaban J connectivity index is 2.28. The maximum absolute atomic E-state index is 11.1. The molecule has 0 amide bonds. The number of nitrogens with one attached hydrogen (secondary N) is 2. The standard InChI is InChI=1S/C11H11N3O2/c15-11(16)6-4-12-7-2-1-3-8-10(9(6)7)14-5-13-8/h4-5,12H,1-3H2,(H,13,14)(H,15,16). The van der Waals surface area contributed by atoms with Crippen LogP contribution in [0, 0.1) is 0 Å². The van der Waals surface area contributed by atoms with Gasteiger partial charge in [-0.2, -0.15) is 0 Å². The Labute approximate surface area is 91.5 Å². The van der Waals surface area contributed by atoms with E-state index in [0.29, 0.717) is 5.56 Å². The Hall–Kier alpha value is -2.04. The molecule has 0 fully saturated rings. The quantitative estimate of drug-likeness (QED) is 0.678. The van der Waals surface area contributed by atoms with Crippen molar-refractivity contribution < 1.29 is 9.90 Å². The molecule has 0 atom stereocenters. The van der Waals surface area contributed by atoms with Gasteiger partial charge in [-0.05, 0) is 19.3 Å². The van der Waals surface area contributed by atoms with Gasteiger partial charge < -0.3 is 15.1 Å². The first-order valence-electron chi connectivity index (χ1n) is 5.23. The fourth-order valence-electron chi connectivity index (χ4n) is 2.27. The molecule has 16 heavy (non-hydrogen) atoms. The Kier molecular flexibility index (Phi) is 1.86. The predicted molar refractivity (Wildman–Crippen MR) is 57.4 cm³/mol.